The number of aryl methyl sites for hydroxylation is 1. The van der Waals surface area contributed by atoms with Crippen molar-refractivity contribution >= 4 is 15.7 Å². The standard InChI is InChI=1S/C13H22N2O3S/c1-5-15(11(3)9-18-4)19(16,17)13-7-10(2)6-12(14)8-13/h6-8,11H,5,9,14H2,1-4H3. The number of nitrogens with zero attached hydrogens (tertiary/aromatic N) is 1. The first kappa shape index (κ1) is 15.9. The second-order valence-corrected chi connectivity index (χ2v) is 6.48. The van der Waals surface area contributed by atoms with Crippen LogP contribution in [0.15, 0.2) is 23.1 Å². The highest BCUT2D eigenvalue weighted by Gasteiger charge is 2.27. The zero-order valence-corrected chi connectivity index (χ0v) is 12.7. The highest BCUT2D eigenvalue weighted by Crippen LogP contribution is 2.22. The van der Waals surface area contributed by atoms with Gasteiger partial charge in [-0.15, -0.1) is 0 Å². The lowest BCUT2D eigenvalue weighted by Gasteiger charge is -2.26. The first-order valence-electron chi connectivity index (χ1n) is 6.20. The second kappa shape index (κ2) is 6.36. The van der Waals surface area contributed by atoms with Gasteiger partial charge in [0.1, 0.15) is 0 Å². The molecule has 1 aromatic carbocycles. The van der Waals surface area contributed by atoms with Crippen molar-refractivity contribution in [3.05, 3.63) is 23.8 Å². The molecule has 0 aromatic heterocycles. The van der Waals surface area contributed by atoms with Gasteiger partial charge in [0, 0.05) is 25.4 Å². The lowest BCUT2D eigenvalue weighted by molar-refractivity contribution is 0.142. The van der Waals surface area contributed by atoms with Gasteiger partial charge in [0.25, 0.3) is 0 Å². The number of hydrogen-bond donors (Lipinski definition) is 1. The van der Waals surface area contributed by atoms with Gasteiger partial charge in [-0.1, -0.05) is 6.92 Å². The van der Waals surface area contributed by atoms with Crippen LogP contribution in [0.5, 0.6) is 0 Å². The maximum atomic E-state index is 12.6. The van der Waals surface area contributed by atoms with Crippen molar-refractivity contribution in [1.29, 1.82) is 0 Å². The summed E-state index contributed by atoms with van der Waals surface area (Å²) in [5, 5.41) is 0. The summed E-state index contributed by atoms with van der Waals surface area (Å²) in [6.07, 6.45) is 0. The molecule has 5 nitrogen and oxygen atoms in total. The molecule has 1 atom stereocenters. The first-order chi connectivity index (χ1) is 8.82. The minimum absolute atomic E-state index is 0.221. The number of rotatable bonds is 6. The van der Waals surface area contributed by atoms with Gasteiger partial charge in [-0.3, -0.25) is 0 Å². The number of anilines is 1. The molecule has 1 aromatic rings. The number of ether oxygens (including phenoxy) is 1. The fourth-order valence-electron chi connectivity index (χ4n) is 2.10. The average molecular weight is 286 g/mol. The third kappa shape index (κ3) is 3.68. The van der Waals surface area contributed by atoms with Crippen molar-refractivity contribution in [3.63, 3.8) is 0 Å². The Labute approximate surface area is 115 Å². The molecule has 19 heavy (non-hydrogen) atoms. The Morgan fingerprint density at radius 1 is 1.37 bits per heavy atom. The Morgan fingerprint density at radius 3 is 2.47 bits per heavy atom. The molecule has 1 unspecified atom stereocenters. The van der Waals surface area contributed by atoms with Crippen LogP contribution in [0.3, 0.4) is 0 Å². The third-order valence-electron chi connectivity index (χ3n) is 2.89. The average Bonchev–Trinajstić information content (AvgIpc) is 2.28. The third-order valence-corrected chi connectivity index (χ3v) is 4.96. The summed E-state index contributed by atoms with van der Waals surface area (Å²) < 4.78 is 31.7. The maximum absolute atomic E-state index is 12.6. The summed E-state index contributed by atoms with van der Waals surface area (Å²) in [6, 6.07) is 4.65. The predicted octanol–water partition coefficient (Wildman–Crippen LogP) is 1.62. The van der Waals surface area contributed by atoms with Crippen molar-refractivity contribution in [1.82, 2.24) is 4.31 Å². The van der Waals surface area contributed by atoms with Crippen molar-refractivity contribution < 1.29 is 13.2 Å². The van der Waals surface area contributed by atoms with E-state index in [1.165, 1.54) is 10.4 Å². The number of sulfonamides is 1. The van der Waals surface area contributed by atoms with E-state index in [4.69, 9.17) is 10.5 Å². The van der Waals surface area contributed by atoms with E-state index in [-0.39, 0.29) is 10.9 Å². The Kier molecular flexibility index (Phi) is 5.34. The molecule has 0 fully saturated rings. The summed E-state index contributed by atoms with van der Waals surface area (Å²) in [5.41, 5.74) is 7.01. The summed E-state index contributed by atoms with van der Waals surface area (Å²) in [5.74, 6) is 0. The van der Waals surface area contributed by atoms with E-state index in [2.05, 4.69) is 0 Å². The quantitative estimate of drug-likeness (QED) is 0.807. The monoisotopic (exact) mass is 286 g/mol. The van der Waals surface area contributed by atoms with E-state index < -0.39 is 10.0 Å². The minimum atomic E-state index is -3.54. The lowest BCUT2D eigenvalue weighted by Crippen LogP contribution is -2.40. The van der Waals surface area contributed by atoms with E-state index >= 15 is 0 Å². The van der Waals surface area contributed by atoms with Crippen LogP contribution in [0.1, 0.15) is 19.4 Å². The molecule has 0 radical (unpaired) electrons. The summed E-state index contributed by atoms with van der Waals surface area (Å²) in [4.78, 5) is 0.231. The van der Waals surface area contributed by atoms with Gasteiger partial charge < -0.3 is 10.5 Å². The molecule has 0 aliphatic carbocycles. The summed E-state index contributed by atoms with van der Waals surface area (Å²) in [7, 11) is -1.99. The number of methoxy groups -OCH3 is 1. The molecule has 0 saturated carbocycles. The van der Waals surface area contributed by atoms with Crippen molar-refractivity contribution in [2.24, 2.45) is 0 Å². The predicted molar refractivity (Wildman–Crippen MR) is 76.5 cm³/mol. The normalized spacial score (nSPS) is 13.7. The van der Waals surface area contributed by atoms with Crippen LogP contribution in [0.25, 0.3) is 0 Å². The largest absolute Gasteiger partial charge is 0.399 e. The molecule has 0 aliphatic heterocycles. The van der Waals surface area contributed by atoms with Gasteiger partial charge in [0.2, 0.25) is 10.0 Å². The SMILES string of the molecule is CCN(C(C)COC)S(=O)(=O)c1cc(C)cc(N)c1. The number of nitrogens with two attached hydrogens (primary N) is 1. The van der Waals surface area contributed by atoms with Gasteiger partial charge in [0.05, 0.1) is 11.5 Å². The van der Waals surface area contributed by atoms with Crippen LogP contribution in [0.2, 0.25) is 0 Å². The van der Waals surface area contributed by atoms with Crippen LogP contribution >= 0.6 is 0 Å². The Hall–Kier alpha value is -1.11. The molecule has 2 N–H and O–H groups in total. The highest BCUT2D eigenvalue weighted by molar-refractivity contribution is 7.89. The van der Waals surface area contributed by atoms with E-state index in [0.29, 0.717) is 18.8 Å². The summed E-state index contributed by atoms with van der Waals surface area (Å²) in [6.45, 7) is 6.20. The summed E-state index contributed by atoms with van der Waals surface area (Å²) >= 11 is 0. The number of nitrogen functional groups attached to an aromatic ring is 1. The lowest BCUT2D eigenvalue weighted by atomic mass is 10.2. The molecule has 6 heteroatoms. The van der Waals surface area contributed by atoms with Crippen LogP contribution < -0.4 is 5.73 Å². The van der Waals surface area contributed by atoms with Gasteiger partial charge >= 0.3 is 0 Å². The van der Waals surface area contributed by atoms with Gasteiger partial charge in [-0.25, -0.2) is 8.42 Å². The Morgan fingerprint density at radius 2 is 2.00 bits per heavy atom. The van der Waals surface area contributed by atoms with Gasteiger partial charge in [-0.2, -0.15) is 4.31 Å². The zero-order chi connectivity index (χ0) is 14.6. The molecular formula is C13H22N2O3S. The molecule has 0 spiro atoms. The molecular weight excluding hydrogens is 264 g/mol. The molecule has 0 amide bonds. The van der Waals surface area contributed by atoms with Crippen molar-refractivity contribution in [2.75, 3.05) is 26.0 Å². The van der Waals surface area contributed by atoms with Crippen LogP contribution in [-0.4, -0.2) is 39.0 Å². The first-order valence-corrected chi connectivity index (χ1v) is 7.64. The molecule has 0 bridgehead atoms. The Bertz CT molecular complexity index is 508. The topological polar surface area (TPSA) is 72.6 Å². The Balaban J connectivity index is 3.20. The van der Waals surface area contributed by atoms with E-state index in [0.717, 1.165) is 5.56 Å². The molecule has 108 valence electrons. The number of benzene rings is 1. The fraction of sp³-hybridized carbons (Fsp3) is 0.538. The molecule has 0 saturated heterocycles. The van der Waals surface area contributed by atoms with Crippen LogP contribution in [0, 0.1) is 6.92 Å². The molecule has 0 heterocycles. The van der Waals surface area contributed by atoms with Gasteiger partial charge in [0.15, 0.2) is 0 Å². The van der Waals surface area contributed by atoms with E-state index in [9.17, 15) is 8.42 Å². The smallest absolute Gasteiger partial charge is 0.243 e. The number of hydrogen-bond acceptors (Lipinski definition) is 4. The zero-order valence-electron chi connectivity index (χ0n) is 11.9. The maximum Gasteiger partial charge on any atom is 0.243 e. The molecule has 1 rings (SSSR count). The minimum Gasteiger partial charge on any atom is -0.399 e. The second-order valence-electron chi connectivity index (χ2n) is 4.59. The van der Waals surface area contributed by atoms with E-state index in [1.54, 1.807) is 19.2 Å². The fourth-order valence-corrected chi connectivity index (χ4v) is 3.87. The van der Waals surface area contributed by atoms with Crippen LogP contribution in [0.4, 0.5) is 5.69 Å². The van der Waals surface area contributed by atoms with Crippen molar-refractivity contribution in [3.8, 4) is 0 Å². The highest BCUT2D eigenvalue weighted by atomic mass is 32.2. The van der Waals surface area contributed by atoms with Crippen LogP contribution in [-0.2, 0) is 14.8 Å². The van der Waals surface area contributed by atoms with E-state index in [1.807, 2.05) is 20.8 Å². The molecule has 0 aliphatic rings. The van der Waals surface area contributed by atoms with Gasteiger partial charge in [-0.05, 0) is 37.6 Å². The number of likely N-dealkylation sites (N-methyl/N-ethyl adjacent to an activating group) is 1. The van der Waals surface area contributed by atoms with Crippen molar-refractivity contribution in [2.45, 2.75) is 31.7 Å².